The summed E-state index contributed by atoms with van der Waals surface area (Å²) in [5.41, 5.74) is 4.50. The molecule has 2 aromatic rings. The molecule has 0 bridgehead atoms. The second-order valence-electron chi connectivity index (χ2n) is 9.62. The van der Waals surface area contributed by atoms with E-state index in [0.29, 0.717) is 5.56 Å². The largest absolute Gasteiger partial charge is 0.381 e. The highest BCUT2D eigenvalue weighted by atomic mass is 16.5. The van der Waals surface area contributed by atoms with E-state index in [2.05, 4.69) is 26.5 Å². The molecule has 3 aliphatic rings. The zero-order chi connectivity index (χ0) is 23.8. The molecular formula is C26H33N5O3. The summed E-state index contributed by atoms with van der Waals surface area (Å²) in [7, 11) is 3.89. The molecule has 0 spiro atoms. The molecule has 8 nitrogen and oxygen atoms in total. The van der Waals surface area contributed by atoms with Gasteiger partial charge in [0, 0.05) is 56.3 Å². The molecule has 0 radical (unpaired) electrons. The molecule has 1 atom stereocenters. The van der Waals surface area contributed by atoms with Gasteiger partial charge in [0.25, 0.3) is 5.91 Å². The monoisotopic (exact) mass is 463 g/mol. The van der Waals surface area contributed by atoms with Crippen molar-refractivity contribution in [1.82, 2.24) is 10.2 Å². The number of carbonyl (C=O) groups excluding carboxylic acids is 2. The average Bonchev–Trinajstić information content (AvgIpc) is 2.83. The number of fused-ring (bicyclic) bond motifs is 1. The van der Waals surface area contributed by atoms with Gasteiger partial charge in [0.15, 0.2) is 0 Å². The van der Waals surface area contributed by atoms with E-state index in [-0.39, 0.29) is 29.9 Å². The minimum atomic E-state index is -0.218. The van der Waals surface area contributed by atoms with E-state index in [0.717, 1.165) is 61.9 Å². The highest BCUT2D eigenvalue weighted by Crippen LogP contribution is 2.40. The summed E-state index contributed by atoms with van der Waals surface area (Å²) in [4.78, 5) is 31.6. The van der Waals surface area contributed by atoms with Gasteiger partial charge in [-0.1, -0.05) is 0 Å². The van der Waals surface area contributed by atoms with Crippen molar-refractivity contribution in [3.63, 3.8) is 0 Å². The highest BCUT2D eigenvalue weighted by molar-refractivity contribution is 6.05. The molecule has 2 amide bonds. The van der Waals surface area contributed by atoms with Crippen molar-refractivity contribution in [2.75, 3.05) is 55.5 Å². The molecule has 0 saturated carbocycles. The van der Waals surface area contributed by atoms with E-state index < -0.39 is 0 Å². The number of likely N-dealkylation sites (tertiary alicyclic amines) is 1. The topological polar surface area (TPSA) is 77.2 Å². The van der Waals surface area contributed by atoms with Crippen molar-refractivity contribution in [3.05, 3.63) is 48.0 Å². The van der Waals surface area contributed by atoms with Crippen molar-refractivity contribution in [2.45, 2.75) is 37.9 Å². The van der Waals surface area contributed by atoms with E-state index in [1.54, 1.807) is 4.90 Å². The molecule has 3 aliphatic heterocycles. The summed E-state index contributed by atoms with van der Waals surface area (Å²) in [5, 5.41) is 6.53. The van der Waals surface area contributed by atoms with Gasteiger partial charge in [-0.15, -0.1) is 0 Å². The molecule has 1 unspecified atom stereocenters. The van der Waals surface area contributed by atoms with Crippen LogP contribution in [0.2, 0.25) is 0 Å². The first-order valence-corrected chi connectivity index (χ1v) is 12.0. The van der Waals surface area contributed by atoms with Crippen LogP contribution in [-0.2, 0) is 9.53 Å². The molecule has 2 fully saturated rings. The minimum absolute atomic E-state index is 0.0350. The number of nitrogens with zero attached hydrogens (tertiary/aromatic N) is 3. The lowest BCUT2D eigenvalue weighted by molar-refractivity contribution is -0.119. The van der Waals surface area contributed by atoms with Crippen molar-refractivity contribution in [3.8, 4) is 0 Å². The average molecular weight is 464 g/mol. The summed E-state index contributed by atoms with van der Waals surface area (Å²) in [5.74, 6) is 0.0781. The Labute approximate surface area is 200 Å². The smallest absolute Gasteiger partial charge is 0.251 e. The Morgan fingerprint density at radius 2 is 1.65 bits per heavy atom. The molecule has 8 heteroatoms. The maximum absolute atomic E-state index is 12.9. The molecule has 5 rings (SSSR count). The number of hydrogen-bond donors (Lipinski definition) is 2. The van der Waals surface area contributed by atoms with Crippen molar-refractivity contribution >= 4 is 34.6 Å². The summed E-state index contributed by atoms with van der Waals surface area (Å²) < 4.78 is 5.56. The number of nitrogens with one attached hydrogen (secondary N) is 2. The number of amides is 2. The molecule has 3 heterocycles. The van der Waals surface area contributed by atoms with Crippen LogP contribution in [0.5, 0.6) is 0 Å². The van der Waals surface area contributed by atoms with E-state index in [9.17, 15) is 9.59 Å². The van der Waals surface area contributed by atoms with Gasteiger partial charge >= 0.3 is 0 Å². The third-order valence-electron chi connectivity index (χ3n) is 7.14. The van der Waals surface area contributed by atoms with E-state index in [1.807, 2.05) is 57.4 Å². The number of ether oxygens (including phenoxy) is 1. The lowest BCUT2D eigenvalue weighted by atomic mass is 9.99. The first kappa shape index (κ1) is 22.7. The third-order valence-corrected chi connectivity index (χ3v) is 7.14. The summed E-state index contributed by atoms with van der Waals surface area (Å²) in [6.07, 6.45) is 1.83. The van der Waals surface area contributed by atoms with Gasteiger partial charge in [0.05, 0.1) is 17.4 Å². The van der Waals surface area contributed by atoms with E-state index in [4.69, 9.17) is 4.74 Å². The Balaban J connectivity index is 1.33. The molecule has 180 valence electrons. The first-order valence-electron chi connectivity index (χ1n) is 12.0. The van der Waals surface area contributed by atoms with Gasteiger partial charge in [-0.05, 0) is 69.3 Å². The fourth-order valence-electron chi connectivity index (χ4n) is 5.23. The van der Waals surface area contributed by atoms with Crippen LogP contribution in [0.4, 0.5) is 22.7 Å². The zero-order valence-electron chi connectivity index (χ0n) is 20.1. The standard InChI is InChI=1S/C26H33N5O3/c1-17-26(33)30(3)23-9-8-20(14-24(23)31(17)22-10-12-34-13-11-22)27-19-6-4-18(5-7-19)25(32)28-21-15-29(2)16-21/h4-9,14,17,21-22,27H,10-13,15-16H2,1-3H3,(H,28,32). The fraction of sp³-hybridized carbons (Fsp3) is 0.462. The number of rotatable bonds is 5. The maximum atomic E-state index is 12.9. The Kier molecular flexibility index (Phi) is 6.18. The molecule has 2 saturated heterocycles. The normalized spacial score (nSPS) is 21.7. The lowest BCUT2D eigenvalue weighted by Crippen LogP contribution is -2.57. The fourth-order valence-corrected chi connectivity index (χ4v) is 5.23. The number of hydrogen-bond acceptors (Lipinski definition) is 6. The van der Waals surface area contributed by atoms with Crippen molar-refractivity contribution in [1.29, 1.82) is 0 Å². The number of carbonyl (C=O) groups is 2. The van der Waals surface area contributed by atoms with Crippen LogP contribution < -0.4 is 20.4 Å². The first-order chi connectivity index (χ1) is 16.4. The number of likely N-dealkylation sites (N-methyl/N-ethyl adjacent to an activating group) is 2. The second-order valence-corrected chi connectivity index (χ2v) is 9.62. The van der Waals surface area contributed by atoms with Crippen LogP contribution in [0.1, 0.15) is 30.1 Å². The van der Waals surface area contributed by atoms with Gasteiger partial charge in [-0.25, -0.2) is 0 Å². The van der Waals surface area contributed by atoms with Crippen LogP contribution in [0.3, 0.4) is 0 Å². The van der Waals surface area contributed by atoms with Gasteiger partial charge in [-0.2, -0.15) is 0 Å². The van der Waals surface area contributed by atoms with Crippen LogP contribution in [0.15, 0.2) is 42.5 Å². The van der Waals surface area contributed by atoms with Crippen molar-refractivity contribution in [2.24, 2.45) is 0 Å². The predicted molar refractivity (Wildman–Crippen MR) is 134 cm³/mol. The summed E-state index contributed by atoms with van der Waals surface area (Å²) in [6, 6.07) is 14.0. The van der Waals surface area contributed by atoms with E-state index >= 15 is 0 Å². The quantitative estimate of drug-likeness (QED) is 0.710. The zero-order valence-corrected chi connectivity index (χ0v) is 20.1. The van der Waals surface area contributed by atoms with E-state index in [1.165, 1.54) is 0 Å². The van der Waals surface area contributed by atoms with Crippen LogP contribution >= 0.6 is 0 Å². The predicted octanol–water partition coefficient (Wildman–Crippen LogP) is 2.82. The Bertz CT molecular complexity index is 1060. The molecule has 34 heavy (non-hydrogen) atoms. The SMILES string of the molecule is CC1C(=O)N(C)c2ccc(Nc3ccc(C(=O)NC4CN(C)C4)cc3)cc2N1C1CCOCC1. The third kappa shape index (κ3) is 4.35. The molecule has 2 N–H and O–H groups in total. The second kappa shape index (κ2) is 9.27. The lowest BCUT2D eigenvalue weighted by Gasteiger charge is -2.45. The minimum Gasteiger partial charge on any atom is -0.381 e. The highest BCUT2D eigenvalue weighted by Gasteiger charge is 2.38. The maximum Gasteiger partial charge on any atom is 0.251 e. The molecule has 0 aliphatic carbocycles. The van der Waals surface area contributed by atoms with Gasteiger partial charge in [0.1, 0.15) is 6.04 Å². The molecule has 0 aromatic heterocycles. The van der Waals surface area contributed by atoms with Crippen LogP contribution in [0.25, 0.3) is 0 Å². The van der Waals surface area contributed by atoms with Crippen LogP contribution in [-0.4, -0.2) is 75.2 Å². The van der Waals surface area contributed by atoms with Gasteiger partial charge < -0.3 is 30.1 Å². The van der Waals surface area contributed by atoms with Gasteiger partial charge in [-0.3, -0.25) is 9.59 Å². The van der Waals surface area contributed by atoms with Crippen molar-refractivity contribution < 1.29 is 14.3 Å². The summed E-state index contributed by atoms with van der Waals surface area (Å²) >= 11 is 0. The van der Waals surface area contributed by atoms with Gasteiger partial charge in [0.2, 0.25) is 5.91 Å². The Morgan fingerprint density at radius 3 is 2.32 bits per heavy atom. The molecule has 2 aromatic carbocycles. The number of anilines is 4. The molecular weight excluding hydrogens is 430 g/mol. The summed E-state index contributed by atoms with van der Waals surface area (Å²) in [6.45, 7) is 5.23. The number of benzene rings is 2. The van der Waals surface area contributed by atoms with Crippen LogP contribution in [0, 0.1) is 0 Å². The Morgan fingerprint density at radius 1 is 0.971 bits per heavy atom. The Hall–Kier alpha value is -3.10.